The van der Waals surface area contributed by atoms with Crippen LogP contribution in [0.1, 0.15) is 43.9 Å². The lowest BCUT2D eigenvalue weighted by atomic mass is 9.93. The number of phenols is 1. The van der Waals surface area contributed by atoms with Gasteiger partial charge in [0.05, 0.1) is 37.6 Å². The summed E-state index contributed by atoms with van der Waals surface area (Å²) < 4.78 is 15.1. The fourth-order valence-electron chi connectivity index (χ4n) is 4.15. The van der Waals surface area contributed by atoms with Gasteiger partial charge in [-0.3, -0.25) is 9.36 Å². The van der Waals surface area contributed by atoms with Crippen molar-refractivity contribution in [3.8, 4) is 11.5 Å². The maximum Gasteiger partial charge on any atom is 0.338 e. The molecule has 0 aliphatic carbocycles. The van der Waals surface area contributed by atoms with Gasteiger partial charge in [-0.25, -0.2) is 9.79 Å². The van der Waals surface area contributed by atoms with E-state index < -0.39 is 12.0 Å². The van der Waals surface area contributed by atoms with Crippen LogP contribution in [0.25, 0.3) is 6.08 Å². The first-order valence-corrected chi connectivity index (χ1v) is 14.9. The van der Waals surface area contributed by atoms with Crippen molar-refractivity contribution in [2.24, 2.45) is 4.99 Å². The van der Waals surface area contributed by atoms with Gasteiger partial charge >= 0.3 is 5.97 Å². The van der Waals surface area contributed by atoms with Gasteiger partial charge in [0, 0.05) is 10.0 Å². The van der Waals surface area contributed by atoms with E-state index in [-0.39, 0.29) is 17.9 Å². The lowest BCUT2D eigenvalue weighted by Crippen LogP contribution is -2.40. The minimum atomic E-state index is -0.779. The highest BCUT2D eigenvalue weighted by Crippen LogP contribution is 2.38. The average molecular weight is 762 g/mol. The fraction of sp³-hybridized carbons (Fsp3) is 0.269. The molecule has 1 aromatic heterocycles. The normalized spacial score (nSPS) is 15.4. The summed E-state index contributed by atoms with van der Waals surface area (Å²) in [4.78, 5) is 32.5. The number of carbonyl (C=O) groups is 1. The number of esters is 1. The molecule has 0 saturated heterocycles. The van der Waals surface area contributed by atoms with Gasteiger partial charge in [-0.1, -0.05) is 40.6 Å². The number of hydrogen-bond donors (Lipinski definition) is 1. The smallest absolute Gasteiger partial charge is 0.338 e. The number of benzene rings is 2. The van der Waals surface area contributed by atoms with Crippen LogP contribution in [0.15, 0.2) is 60.3 Å². The number of aromatic hydroxyl groups is 1. The van der Waals surface area contributed by atoms with Crippen molar-refractivity contribution in [2.75, 3.05) is 13.7 Å². The van der Waals surface area contributed by atoms with Gasteiger partial charge in [0.1, 0.15) is 17.5 Å². The second-order valence-corrected chi connectivity index (χ2v) is 12.1. The molecule has 0 radical (unpaired) electrons. The third kappa shape index (κ3) is 5.59. The largest absolute Gasteiger partial charge is 0.506 e. The number of aromatic nitrogens is 1. The van der Waals surface area contributed by atoms with Crippen molar-refractivity contribution in [1.29, 1.82) is 0 Å². The Hall–Kier alpha value is -1.96. The van der Waals surface area contributed by atoms with Crippen LogP contribution in [0.5, 0.6) is 11.5 Å². The van der Waals surface area contributed by atoms with E-state index in [1.54, 1.807) is 42.9 Å². The lowest BCUT2D eigenvalue weighted by Gasteiger charge is -2.27. The van der Waals surface area contributed by atoms with Gasteiger partial charge in [0.15, 0.2) is 4.80 Å². The zero-order valence-electron chi connectivity index (χ0n) is 20.2. The molecule has 3 aromatic rings. The zero-order valence-corrected chi connectivity index (χ0v) is 26.3. The summed E-state index contributed by atoms with van der Waals surface area (Å²) in [7, 11) is 1.56. The van der Waals surface area contributed by atoms with E-state index in [4.69, 9.17) is 14.5 Å². The van der Waals surface area contributed by atoms with Crippen molar-refractivity contribution in [3.63, 3.8) is 0 Å². The molecule has 0 amide bonds. The Morgan fingerprint density at radius 1 is 1.27 bits per heavy atom. The van der Waals surface area contributed by atoms with Crippen molar-refractivity contribution < 1.29 is 19.4 Å². The van der Waals surface area contributed by atoms with Gasteiger partial charge < -0.3 is 14.6 Å². The Bertz CT molecular complexity index is 1570. The molecule has 0 bridgehead atoms. The molecule has 0 unspecified atom stereocenters. The lowest BCUT2D eigenvalue weighted by molar-refractivity contribution is -0.139. The molecule has 37 heavy (non-hydrogen) atoms. The molecule has 1 aliphatic rings. The van der Waals surface area contributed by atoms with Gasteiger partial charge in [-0.15, -0.1) is 0 Å². The molecular weight excluding hydrogens is 739 g/mol. The zero-order chi connectivity index (χ0) is 26.9. The van der Waals surface area contributed by atoms with Gasteiger partial charge in [0.25, 0.3) is 5.56 Å². The number of ether oxygens (including phenoxy) is 2. The van der Waals surface area contributed by atoms with Crippen LogP contribution in [0.3, 0.4) is 0 Å². The molecule has 2 aromatic carbocycles. The molecule has 1 aliphatic heterocycles. The minimum absolute atomic E-state index is 0.143. The Kier molecular flexibility index (Phi) is 8.97. The third-order valence-corrected chi connectivity index (χ3v) is 8.62. The predicted octanol–water partition coefficient (Wildman–Crippen LogP) is 5.42. The maximum atomic E-state index is 13.9. The summed E-state index contributed by atoms with van der Waals surface area (Å²) in [6.07, 6.45) is 3.08. The number of nitrogens with zero attached hydrogens (tertiary/aromatic N) is 2. The molecule has 4 rings (SSSR count). The average Bonchev–Trinajstić information content (AvgIpc) is 3.16. The molecule has 0 fully saturated rings. The molecule has 194 valence electrons. The van der Waals surface area contributed by atoms with Gasteiger partial charge in [-0.05, 0) is 93.8 Å². The first-order valence-electron chi connectivity index (χ1n) is 11.4. The molecule has 0 saturated carbocycles. The highest BCUT2D eigenvalue weighted by atomic mass is 127. The number of phenolic OH excluding ortho intramolecular Hbond substituents is 1. The minimum Gasteiger partial charge on any atom is -0.506 e. The Morgan fingerprint density at radius 2 is 2.03 bits per heavy atom. The van der Waals surface area contributed by atoms with Crippen LogP contribution in [0.4, 0.5) is 0 Å². The van der Waals surface area contributed by atoms with E-state index in [0.29, 0.717) is 46.4 Å². The van der Waals surface area contributed by atoms with E-state index in [1.165, 1.54) is 11.3 Å². The molecule has 7 nitrogen and oxygen atoms in total. The van der Waals surface area contributed by atoms with Crippen LogP contribution < -0.4 is 19.6 Å². The fourth-order valence-corrected chi connectivity index (χ4v) is 7.05. The second-order valence-electron chi connectivity index (χ2n) is 8.13. The number of thiazole rings is 1. The van der Waals surface area contributed by atoms with E-state index >= 15 is 0 Å². The summed E-state index contributed by atoms with van der Waals surface area (Å²) in [6.45, 7) is 3.96. The highest BCUT2D eigenvalue weighted by molar-refractivity contribution is 14.1. The molecule has 1 atom stereocenters. The van der Waals surface area contributed by atoms with Crippen LogP contribution in [-0.4, -0.2) is 29.4 Å². The van der Waals surface area contributed by atoms with Crippen molar-refractivity contribution in [2.45, 2.75) is 32.7 Å². The van der Waals surface area contributed by atoms with Crippen molar-refractivity contribution in [1.82, 2.24) is 4.57 Å². The number of fused-ring (bicyclic) bond motifs is 1. The van der Waals surface area contributed by atoms with Crippen molar-refractivity contribution in [3.05, 3.63) is 84.9 Å². The van der Waals surface area contributed by atoms with E-state index in [2.05, 4.69) is 31.9 Å². The number of rotatable bonds is 7. The number of methoxy groups -OCH3 is 1. The van der Waals surface area contributed by atoms with Gasteiger partial charge in [-0.2, -0.15) is 0 Å². The first-order chi connectivity index (χ1) is 17.7. The summed E-state index contributed by atoms with van der Waals surface area (Å²) >= 11 is 10.2. The Labute approximate surface area is 247 Å². The number of carbonyl (C=O) groups excluding carboxylic acids is 1. The van der Waals surface area contributed by atoms with Crippen LogP contribution in [-0.2, 0) is 9.53 Å². The van der Waals surface area contributed by atoms with Crippen LogP contribution in [0.2, 0.25) is 0 Å². The number of allylic oxidation sites excluding steroid dienone is 1. The maximum absolute atomic E-state index is 13.9. The number of hydrogen-bond acceptors (Lipinski definition) is 7. The van der Waals surface area contributed by atoms with E-state index in [9.17, 15) is 14.7 Å². The molecule has 11 heteroatoms. The third-order valence-electron chi connectivity index (χ3n) is 5.72. The summed E-state index contributed by atoms with van der Waals surface area (Å²) in [6, 6.07) is 8.26. The monoisotopic (exact) mass is 760 g/mol. The van der Waals surface area contributed by atoms with Crippen LogP contribution >= 0.6 is 65.8 Å². The summed E-state index contributed by atoms with van der Waals surface area (Å²) in [5, 5.41) is 10.1. The van der Waals surface area contributed by atoms with E-state index in [1.807, 2.05) is 41.6 Å². The number of halogens is 3. The van der Waals surface area contributed by atoms with Crippen molar-refractivity contribution >= 4 is 77.8 Å². The molecule has 1 N–H and O–H groups in total. The quantitative estimate of drug-likeness (QED) is 0.257. The summed E-state index contributed by atoms with van der Waals surface area (Å²) in [5.74, 6) is 0.177. The summed E-state index contributed by atoms with van der Waals surface area (Å²) in [5.41, 5.74) is 2.04. The highest BCUT2D eigenvalue weighted by Gasteiger charge is 2.36. The molecular formula is C26H23Br2IN2O5S. The predicted molar refractivity (Wildman–Crippen MR) is 159 cm³/mol. The first kappa shape index (κ1) is 28.1. The molecule has 2 heterocycles. The van der Waals surface area contributed by atoms with Gasteiger partial charge in [0.2, 0.25) is 0 Å². The standard InChI is InChI=1S/C26H23Br2IN2O5S/c1-4-6-18-21(25(34)36-5-2)22(15-12-14(27)7-8-19(15)35-3)31-24(33)20(37-26(31)30-18)11-13-9-16(28)23(32)17(29)10-13/h7-12,22,32H,4-6H2,1-3H3/b20-11+/t22-/m1/s1. The SMILES string of the molecule is CCCC1=C(C(=O)OCC)[C@@H](c2cc(Br)ccc2OC)n2c(s/c(=C/c3cc(Br)c(O)c(I)c3)c2=O)=N1. The molecule has 0 spiro atoms. The Balaban J connectivity index is 2.05. The van der Waals surface area contributed by atoms with Crippen LogP contribution in [0, 0.1) is 3.57 Å². The topological polar surface area (TPSA) is 90.1 Å². The second kappa shape index (κ2) is 11.8. The Morgan fingerprint density at radius 3 is 2.68 bits per heavy atom. The van der Waals surface area contributed by atoms with E-state index in [0.717, 1.165) is 16.5 Å².